The lowest BCUT2D eigenvalue weighted by atomic mass is 9.91. The zero-order chi connectivity index (χ0) is 38.3. The molecule has 4 nitrogen and oxygen atoms in total. The van der Waals surface area contributed by atoms with Gasteiger partial charge in [0.2, 0.25) is 0 Å². The minimum Gasteiger partial charge on any atom is -0.208 e. The second-order valence-corrected chi connectivity index (χ2v) is 14.8. The molecule has 0 N–H and O–H groups in total. The Kier molecular flexibility index (Phi) is 8.76. The lowest BCUT2D eigenvalue weighted by molar-refractivity contribution is 1.07. The van der Waals surface area contributed by atoms with E-state index in [9.17, 15) is 5.26 Å². The maximum absolute atomic E-state index is 9.98. The van der Waals surface area contributed by atoms with Gasteiger partial charge in [-0.15, -0.1) is 0 Å². The third kappa shape index (κ3) is 6.72. The van der Waals surface area contributed by atoms with Crippen molar-refractivity contribution in [3.8, 4) is 73.6 Å². The fraction of sp³-hybridized carbons (Fsp3) is 0.0769. The fourth-order valence-corrected chi connectivity index (χ4v) is 7.94. The van der Waals surface area contributed by atoms with Crippen LogP contribution in [0.5, 0.6) is 0 Å². The van der Waals surface area contributed by atoms with Gasteiger partial charge in [-0.2, -0.15) is 5.26 Å². The highest BCUT2D eigenvalue weighted by atomic mass is 15.0. The molecule has 266 valence electrons. The molecule has 0 radical (unpaired) electrons. The van der Waals surface area contributed by atoms with E-state index >= 15 is 0 Å². The van der Waals surface area contributed by atoms with E-state index < -0.39 is 0 Å². The number of hydrogen-bond acceptors (Lipinski definition) is 4. The van der Waals surface area contributed by atoms with Gasteiger partial charge in [-0.3, -0.25) is 0 Å². The van der Waals surface area contributed by atoms with E-state index in [4.69, 9.17) is 15.0 Å². The van der Waals surface area contributed by atoms with Gasteiger partial charge < -0.3 is 0 Å². The SMILES string of the molecule is Cc1cc(C)cc(-c2nc(-c3cc(C)cc(C)c3)nc(-c3cccc(-c4cc(C#N)ccc4-c4ccc(-c5ccc6c(ccc7ccccc76)c5)cc4)c3)n2)c1. The Morgan fingerprint density at radius 3 is 1.57 bits per heavy atom. The van der Waals surface area contributed by atoms with Crippen LogP contribution in [0.1, 0.15) is 27.8 Å². The van der Waals surface area contributed by atoms with Gasteiger partial charge in [0.15, 0.2) is 17.5 Å². The van der Waals surface area contributed by atoms with Crippen LogP contribution in [0, 0.1) is 39.0 Å². The zero-order valence-electron chi connectivity index (χ0n) is 31.8. The standard InChI is InChI=1S/C52H38N4/c1-32-22-33(2)25-44(24-32)51-54-50(55-52(56-51)45-26-34(3)23-35(4)27-45)43-10-7-9-41(30-43)49-28-36(31-53)12-20-47(49)39-15-13-37(14-16-39)40-19-21-48-42(29-40)18-17-38-8-5-6-11-46(38)48/h5-30H,1-4H3. The Labute approximate surface area is 327 Å². The summed E-state index contributed by atoms with van der Waals surface area (Å²) in [5, 5.41) is 15.0. The summed E-state index contributed by atoms with van der Waals surface area (Å²) in [5.74, 6) is 1.86. The van der Waals surface area contributed by atoms with Gasteiger partial charge in [0.25, 0.3) is 0 Å². The van der Waals surface area contributed by atoms with Gasteiger partial charge in [-0.1, -0.05) is 131 Å². The minimum atomic E-state index is 0.593. The molecular weight excluding hydrogens is 681 g/mol. The van der Waals surface area contributed by atoms with Crippen molar-refractivity contribution in [1.29, 1.82) is 5.26 Å². The van der Waals surface area contributed by atoms with Crippen LogP contribution in [-0.4, -0.2) is 15.0 Å². The molecule has 1 aromatic heterocycles. The molecule has 4 heteroatoms. The van der Waals surface area contributed by atoms with Crippen LogP contribution in [-0.2, 0) is 0 Å². The van der Waals surface area contributed by atoms with Gasteiger partial charge in [-0.25, -0.2) is 15.0 Å². The molecule has 56 heavy (non-hydrogen) atoms. The minimum absolute atomic E-state index is 0.593. The Bertz CT molecular complexity index is 2910. The highest BCUT2D eigenvalue weighted by Gasteiger charge is 2.16. The third-order valence-corrected chi connectivity index (χ3v) is 10.4. The maximum Gasteiger partial charge on any atom is 0.164 e. The number of hydrogen-bond donors (Lipinski definition) is 0. The molecule has 0 amide bonds. The smallest absolute Gasteiger partial charge is 0.164 e. The first-order valence-electron chi connectivity index (χ1n) is 18.9. The number of rotatable bonds is 6. The van der Waals surface area contributed by atoms with Crippen LogP contribution >= 0.6 is 0 Å². The van der Waals surface area contributed by atoms with Gasteiger partial charge in [0, 0.05) is 16.7 Å². The predicted molar refractivity (Wildman–Crippen MR) is 231 cm³/mol. The number of fused-ring (bicyclic) bond motifs is 3. The summed E-state index contributed by atoms with van der Waals surface area (Å²) < 4.78 is 0. The molecule has 0 aliphatic rings. The molecule has 0 bridgehead atoms. The highest BCUT2D eigenvalue weighted by Crippen LogP contribution is 2.37. The Hall–Kier alpha value is -7.22. The number of aryl methyl sites for hydroxylation is 4. The summed E-state index contributed by atoms with van der Waals surface area (Å²) in [6.45, 7) is 8.38. The summed E-state index contributed by atoms with van der Waals surface area (Å²) in [6, 6.07) is 57.8. The average Bonchev–Trinajstić information content (AvgIpc) is 3.22. The molecular formula is C52H38N4. The first kappa shape index (κ1) is 34.5. The van der Waals surface area contributed by atoms with Crippen LogP contribution in [0.3, 0.4) is 0 Å². The molecule has 1 heterocycles. The van der Waals surface area contributed by atoms with Crippen molar-refractivity contribution in [3.63, 3.8) is 0 Å². The second kappa shape index (κ2) is 14.2. The average molecular weight is 719 g/mol. The number of benzene rings is 8. The highest BCUT2D eigenvalue weighted by molar-refractivity contribution is 6.08. The van der Waals surface area contributed by atoms with E-state index in [2.05, 4.69) is 167 Å². The molecule has 0 aliphatic carbocycles. The topological polar surface area (TPSA) is 62.5 Å². The molecule has 8 aromatic carbocycles. The Morgan fingerprint density at radius 2 is 0.911 bits per heavy atom. The van der Waals surface area contributed by atoms with Crippen molar-refractivity contribution in [1.82, 2.24) is 15.0 Å². The first-order valence-corrected chi connectivity index (χ1v) is 18.9. The summed E-state index contributed by atoms with van der Waals surface area (Å²) in [7, 11) is 0. The summed E-state index contributed by atoms with van der Waals surface area (Å²) in [6.07, 6.45) is 0. The van der Waals surface area contributed by atoms with E-state index in [1.165, 1.54) is 27.1 Å². The summed E-state index contributed by atoms with van der Waals surface area (Å²) in [5.41, 5.74) is 14.4. The Morgan fingerprint density at radius 1 is 0.357 bits per heavy atom. The zero-order valence-corrected chi connectivity index (χ0v) is 31.8. The van der Waals surface area contributed by atoms with Crippen LogP contribution in [0.2, 0.25) is 0 Å². The summed E-state index contributed by atoms with van der Waals surface area (Å²) in [4.78, 5) is 15.2. The molecule has 9 rings (SSSR count). The van der Waals surface area contributed by atoms with E-state index in [1.807, 2.05) is 24.3 Å². The first-order chi connectivity index (χ1) is 27.3. The van der Waals surface area contributed by atoms with E-state index in [1.54, 1.807) is 0 Å². The molecule has 0 unspecified atom stereocenters. The molecule has 0 spiro atoms. The van der Waals surface area contributed by atoms with Gasteiger partial charge in [0.1, 0.15) is 0 Å². The Balaban J connectivity index is 1.12. The molecule has 0 fully saturated rings. The van der Waals surface area contributed by atoms with Crippen molar-refractivity contribution in [2.24, 2.45) is 0 Å². The van der Waals surface area contributed by atoms with Crippen molar-refractivity contribution in [3.05, 3.63) is 186 Å². The van der Waals surface area contributed by atoms with Gasteiger partial charge in [0.05, 0.1) is 11.6 Å². The second-order valence-electron chi connectivity index (χ2n) is 14.8. The molecule has 0 atom stereocenters. The normalized spacial score (nSPS) is 11.2. The van der Waals surface area contributed by atoms with Crippen molar-refractivity contribution in [2.75, 3.05) is 0 Å². The molecule has 0 aliphatic heterocycles. The van der Waals surface area contributed by atoms with Crippen molar-refractivity contribution < 1.29 is 0 Å². The van der Waals surface area contributed by atoms with Crippen LogP contribution in [0.4, 0.5) is 0 Å². The third-order valence-electron chi connectivity index (χ3n) is 10.4. The molecule has 9 aromatic rings. The predicted octanol–water partition coefficient (Wildman–Crippen LogP) is 13.3. The largest absolute Gasteiger partial charge is 0.208 e. The van der Waals surface area contributed by atoms with E-state index in [0.29, 0.717) is 23.0 Å². The lowest BCUT2D eigenvalue weighted by Gasteiger charge is -2.14. The van der Waals surface area contributed by atoms with E-state index in [0.717, 1.165) is 66.8 Å². The van der Waals surface area contributed by atoms with Gasteiger partial charge >= 0.3 is 0 Å². The quantitative estimate of drug-likeness (QED) is 0.161. The molecule has 0 saturated heterocycles. The number of nitriles is 1. The van der Waals surface area contributed by atoms with Crippen LogP contribution < -0.4 is 0 Å². The molecule has 0 saturated carbocycles. The van der Waals surface area contributed by atoms with Gasteiger partial charge in [-0.05, 0) is 131 Å². The van der Waals surface area contributed by atoms with Crippen LogP contribution in [0.25, 0.3) is 89.1 Å². The fourth-order valence-electron chi connectivity index (χ4n) is 7.94. The van der Waals surface area contributed by atoms with Crippen molar-refractivity contribution in [2.45, 2.75) is 27.7 Å². The lowest BCUT2D eigenvalue weighted by Crippen LogP contribution is -2.01. The van der Waals surface area contributed by atoms with E-state index in [-0.39, 0.29) is 0 Å². The van der Waals surface area contributed by atoms with Crippen molar-refractivity contribution >= 4 is 21.5 Å². The number of aromatic nitrogens is 3. The number of nitrogens with zero attached hydrogens (tertiary/aromatic N) is 4. The summed E-state index contributed by atoms with van der Waals surface area (Å²) >= 11 is 0. The monoisotopic (exact) mass is 718 g/mol. The van der Waals surface area contributed by atoms with Crippen LogP contribution in [0.15, 0.2) is 158 Å². The maximum atomic E-state index is 9.98.